The molecule has 1 unspecified atom stereocenters. The number of aliphatic hydroxyl groups is 1. The Kier molecular flexibility index (Phi) is 5.31. The van der Waals surface area contributed by atoms with Crippen molar-refractivity contribution < 1.29 is 5.11 Å². The molecule has 0 aromatic carbocycles. The summed E-state index contributed by atoms with van der Waals surface area (Å²) >= 11 is 6.61. The van der Waals surface area contributed by atoms with Gasteiger partial charge in [-0.2, -0.15) is 11.8 Å². The molecular weight excluding hydrogens is 270 g/mol. The first-order valence-electron chi connectivity index (χ1n) is 4.10. The molecule has 0 radical (unpaired) electrons. The van der Waals surface area contributed by atoms with Crippen LogP contribution in [-0.4, -0.2) is 21.6 Å². The fourth-order valence-corrected chi connectivity index (χ4v) is 2.85. The Balaban J connectivity index is 2.35. The maximum Gasteiger partial charge on any atom is 0.123 e. The van der Waals surface area contributed by atoms with Crippen LogP contribution in [-0.2, 0) is 0 Å². The highest BCUT2D eigenvalue weighted by atomic mass is 79.9. The van der Waals surface area contributed by atoms with Crippen LogP contribution in [0.4, 0.5) is 0 Å². The standard InChI is InChI=1S/C8H12BrNOS2/c1-2-12-4-3-6(11)8-10-7(9)5-13-8/h5-6,11H,2-4H2,1H3. The van der Waals surface area contributed by atoms with E-state index in [1.54, 1.807) is 0 Å². The molecule has 1 aromatic rings. The van der Waals surface area contributed by atoms with Crippen LogP contribution in [0.3, 0.4) is 0 Å². The minimum atomic E-state index is -0.393. The molecule has 0 aliphatic heterocycles. The first kappa shape index (κ1) is 11.5. The van der Waals surface area contributed by atoms with Gasteiger partial charge < -0.3 is 5.11 Å². The summed E-state index contributed by atoms with van der Waals surface area (Å²) in [5.74, 6) is 2.10. The second-order valence-electron chi connectivity index (χ2n) is 2.51. The third kappa shape index (κ3) is 3.97. The number of aliphatic hydroxyl groups excluding tert-OH is 1. The van der Waals surface area contributed by atoms with Gasteiger partial charge in [0.2, 0.25) is 0 Å². The molecule has 0 amide bonds. The molecule has 5 heteroatoms. The van der Waals surface area contributed by atoms with Crippen molar-refractivity contribution >= 4 is 39.0 Å². The number of thiazole rings is 1. The highest BCUT2D eigenvalue weighted by Gasteiger charge is 2.10. The van der Waals surface area contributed by atoms with Crippen LogP contribution in [0, 0.1) is 0 Å². The van der Waals surface area contributed by atoms with E-state index in [4.69, 9.17) is 0 Å². The van der Waals surface area contributed by atoms with E-state index in [0.717, 1.165) is 27.5 Å². The predicted molar refractivity (Wildman–Crippen MR) is 62.4 cm³/mol. The highest BCUT2D eigenvalue weighted by Crippen LogP contribution is 2.24. The van der Waals surface area contributed by atoms with Gasteiger partial charge in [-0.3, -0.25) is 0 Å². The van der Waals surface area contributed by atoms with Gasteiger partial charge in [-0.15, -0.1) is 11.3 Å². The summed E-state index contributed by atoms with van der Waals surface area (Å²) in [6.07, 6.45) is 0.397. The topological polar surface area (TPSA) is 33.1 Å². The highest BCUT2D eigenvalue weighted by molar-refractivity contribution is 9.10. The minimum absolute atomic E-state index is 0.393. The molecule has 1 atom stereocenters. The molecule has 1 N–H and O–H groups in total. The largest absolute Gasteiger partial charge is 0.386 e. The maximum absolute atomic E-state index is 9.67. The van der Waals surface area contributed by atoms with Crippen LogP contribution in [0.2, 0.25) is 0 Å². The van der Waals surface area contributed by atoms with Crippen molar-refractivity contribution in [3.63, 3.8) is 0 Å². The molecule has 1 aromatic heterocycles. The van der Waals surface area contributed by atoms with Gasteiger partial charge in [0, 0.05) is 5.38 Å². The Morgan fingerprint density at radius 3 is 3.08 bits per heavy atom. The lowest BCUT2D eigenvalue weighted by Gasteiger charge is -2.05. The van der Waals surface area contributed by atoms with Crippen molar-refractivity contribution in [2.45, 2.75) is 19.4 Å². The lowest BCUT2D eigenvalue weighted by Crippen LogP contribution is -1.98. The van der Waals surface area contributed by atoms with Gasteiger partial charge in [-0.25, -0.2) is 4.98 Å². The number of thioether (sulfide) groups is 1. The SMILES string of the molecule is CCSCCC(O)c1nc(Br)cs1. The quantitative estimate of drug-likeness (QED) is 0.842. The maximum atomic E-state index is 9.67. The fourth-order valence-electron chi connectivity index (χ4n) is 0.883. The molecule has 0 saturated carbocycles. The number of halogens is 1. The van der Waals surface area contributed by atoms with E-state index in [-0.39, 0.29) is 0 Å². The van der Waals surface area contributed by atoms with Crippen molar-refractivity contribution in [1.82, 2.24) is 4.98 Å². The molecule has 0 fully saturated rings. The average Bonchev–Trinajstić information content (AvgIpc) is 2.52. The minimum Gasteiger partial charge on any atom is -0.386 e. The first-order chi connectivity index (χ1) is 6.24. The number of aromatic nitrogens is 1. The molecule has 74 valence electrons. The number of rotatable bonds is 5. The van der Waals surface area contributed by atoms with E-state index in [1.165, 1.54) is 11.3 Å². The molecule has 0 spiro atoms. The van der Waals surface area contributed by atoms with Crippen molar-refractivity contribution in [2.75, 3.05) is 11.5 Å². The van der Waals surface area contributed by atoms with Gasteiger partial charge in [0.25, 0.3) is 0 Å². The number of nitrogens with zero attached hydrogens (tertiary/aromatic N) is 1. The van der Waals surface area contributed by atoms with Crippen molar-refractivity contribution in [1.29, 1.82) is 0 Å². The zero-order valence-corrected chi connectivity index (χ0v) is 10.6. The summed E-state index contributed by atoms with van der Waals surface area (Å²) in [5.41, 5.74) is 0. The van der Waals surface area contributed by atoms with Gasteiger partial charge in [0.05, 0.1) is 0 Å². The van der Waals surface area contributed by atoms with Crippen LogP contribution < -0.4 is 0 Å². The zero-order chi connectivity index (χ0) is 9.68. The Morgan fingerprint density at radius 2 is 2.54 bits per heavy atom. The third-order valence-electron chi connectivity index (χ3n) is 1.52. The van der Waals surface area contributed by atoms with E-state index in [0.29, 0.717) is 0 Å². The number of hydrogen-bond acceptors (Lipinski definition) is 4. The van der Waals surface area contributed by atoms with E-state index in [1.807, 2.05) is 17.1 Å². The molecule has 1 heterocycles. The fraction of sp³-hybridized carbons (Fsp3) is 0.625. The van der Waals surface area contributed by atoms with E-state index < -0.39 is 6.10 Å². The van der Waals surface area contributed by atoms with Crippen LogP contribution >= 0.6 is 39.0 Å². The molecule has 2 nitrogen and oxygen atoms in total. The lowest BCUT2D eigenvalue weighted by atomic mass is 10.3. The summed E-state index contributed by atoms with van der Waals surface area (Å²) in [6.45, 7) is 2.12. The van der Waals surface area contributed by atoms with Crippen molar-refractivity contribution in [3.8, 4) is 0 Å². The smallest absolute Gasteiger partial charge is 0.123 e. The van der Waals surface area contributed by atoms with Gasteiger partial charge >= 0.3 is 0 Å². The lowest BCUT2D eigenvalue weighted by molar-refractivity contribution is 0.174. The monoisotopic (exact) mass is 281 g/mol. The summed E-state index contributed by atoms with van der Waals surface area (Å²) in [5, 5.41) is 12.4. The second-order valence-corrected chi connectivity index (χ2v) is 5.61. The summed E-state index contributed by atoms with van der Waals surface area (Å²) < 4.78 is 0.815. The van der Waals surface area contributed by atoms with Crippen LogP contribution in [0.25, 0.3) is 0 Å². The average molecular weight is 282 g/mol. The molecule has 1 rings (SSSR count). The summed E-state index contributed by atoms with van der Waals surface area (Å²) in [6, 6.07) is 0. The first-order valence-corrected chi connectivity index (χ1v) is 6.93. The molecule has 0 saturated heterocycles. The van der Waals surface area contributed by atoms with Gasteiger partial charge in [0.1, 0.15) is 15.7 Å². The molecule has 0 bridgehead atoms. The third-order valence-corrected chi connectivity index (χ3v) is 4.11. The van der Waals surface area contributed by atoms with Gasteiger partial charge in [-0.05, 0) is 33.9 Å². The van der Waals surface area contributed by atoms with Gasteiger partial charge in [0.15, 0.2) is 0 Å². The normalized spacial score (nSPS) is 13.2. The van der Waals surface area contributed by atoms with Crippen LogP contribution in [0.15, 0.2) is 9.98 Å². The summed E-state index contributed by atoms with van der Waals surface area (Å²) in [7, 11) is 0. The van der Waals surface area contributed by atoms with E-state index in [9.17, 15) is 5.11 Å². The molecule has 0 aliphatic rings. The Bertz CT molecular complexity index is 254. The molecular formula is C8H12BrNOS2. The van der Waals surface area contributed by atoms with E-state index >= 15 is 0 Å². The Labute approximate surface area is 94.9 Å². The van der Waals surface area contributed by atoms with Crippen molar-refractivity contribution in [2.24, 2.45) is 0 Å². The van der Waals surface area contributed by atoms with Crippen LogP contribution in [0.1, 0.15) is 24.5 Å². The van der Waals surface area contributed by atoms with E-state index in [2.05, 4.69) is 27.8 Å². The second kappa shape index (κ2) is 6.01. The molecule has 13 heavy (non-hydrogen) atoms. The zero-order valence-electron chi connectivity index (χ0n) is 7.36. The Hall–Kier alpha value is 0.420. The predicted octanol–water partition coefficient (Wildman–Crippen LogP) is 3.08. The van der Waals surface area contributed by atoms with Crippen molar-refractivity contribution in [3.05, 3.63) is 15.0 Å². The summed E-state index contributed by atoms with van der Waals surface area (Å²) in [4.78, 5) is 4.17. The number of hydrogen-bond donors (Lipinski definition) is 1. The Morgan fingerprint density at radius 1 is 1.77 bits per heavy atom. The van der Waals surface area contributed by atoms with Gasteiger partial charge in [-0.1, -0.05) is 6.92 Å². The molecule has 0 aliphatic carbocycles. The van der Waals surface area contributed by atoms with Crippen LogP contribution in [0.5, 0.6) is 0 Å².